The van der Waals surface area contributed by atoms with E-state index in [9.17, 15) is 8.42 Å². The fourth-order valence-corrected chi connectivity index (χ4v) is 3.50. The van der Waals surface area contributed by atoms with E-state index >= 15 is 0 Å². The molecule has 3 aromatic rings. The average Bonchev–Trinajstić information content (AvgIpc) is 2.72. The lowest BCUT2D eigenvalue weighted by Gasteiger charge is -2.10. The van der Waals surface area contributed by atoms with Crippen molar-refractivity contribution in [2.45, 2.75) is 11.8 Å². The van der Waals surface area contributed by atoms with Crippen LogP contribution in [0.15, 0.2) is 59.9 Å². The Morgan fingerprint density at radius 1 is 0.931 bits per heavy atom. The molecule has 0 atom stereocenters. The first-order valence-electron chi connectivity index (χ1n) is 8.85. The molecule has 10 heteroatoms. The topological polar surface area (TPSA) is 118 Å². The fraction of sp³-hybridized carbons (Fsp3) is 0.211. The van der Waals surface area contributed by atoms with E-state index in [2.05, 4.69) is 30.3 Å². The second-order valence-electron chi connectivity index (χ2n) is 6.13. The molecule has 9 nitrogen and oxygen atoms in total. The van der Waals surface area contributed by atoms with Gasteiger partial charge in [0.1, 0.15) is 29.5 Å². The summed E-state index contributed by atoms with van der Waals surface area (Å²) in [6, 6.07) is 11.7. The molecule has 152 valence electrons. The molecule has 1 aromatic carbocycles. The lowest BCUT2D eigenvalue weighted by atomic mass is 10.3. The highest BCUT2D eigenvalue weighted by atomic mass is 32.2. The van der Waals surface area contributed by atoms with Crippen molar-refractivity contribution in [1.29, 1.82) is 0 Å². The highest BCUT2D eigenvalue weighted by Gasteiger charge is 2.13. The minimum atomic E-state index is -3.59. The Kier molecular flexibility index (Phi) is 6.57. The fourth-order valence-electron chi connectivity index (χ4n) is 2.47. The number of nitrogens with one attached hydrogen (secondary N) is 3. The molecule has 0 aliphatic heterocycles. The molecule has 2 heterocycles. The number of hydrogen-bond donors (Lipinski definition) is 3. The highest BCUT2D eigenvalue weighted by molar-refractivity contribution is 7.89. The Morgan fingerprint density at radius 3 is 2.38 bits per heavy atom. The number of benzene rings is 1. The minimum absolute atomic E-state index is 0.178. The van der Waals surface area contributed by atoms with Crippen molar-refractivity contribution in [2.75, 3.05) is 30.8 Å². The van der Waals surface area contributed by atoms with Crippen LogP contribution in [0, 0.1) is 6.92 Å². The Labute approximate surface area is 169 Å². The van der Waals surface area contributed by atoms with Crippen molar-refractivity contribution >= 4 is 27.5 Å². The molecule has 0 saturated carbocycles. The maximum Gasteiger partial charge on any atom is 0.240 e. The SMILES string of the molecule is COc1ccc(S(=O)(=O)NCCNc2cc(Nc3cc(C)ccn3)ncn2)cc1. The first-order chi connectivity index (χ1) is 14.0. The number of methoxy groups -OCH3 is 1. The van der Waals surface area contributed by atoms with Crippen molar-refractivity contribution < 1.29 is 13.2 Å². The lowest BCUT2D eigenvalue weighted by molar-refractivity contribution is 0.414. The van der Waals surface area contributed by atoms with Crippen molar-refractivity contribution in [3.05, 3.63) is 60.6 Å². The molecular formula is C19H22N6O3S. The third-order valence-electron chi connectivity index (χ3n) is 3.93. The van der Waals surface area contributed by atoms with E-state index < -0.39 is 10.0 Å². The van der Waals surface area contributed by atoms with Gasteiger partial charge in [-0.2, -0.15) is 0 Å². The van der Waals surface area contributed by atoms with Gasteiger partial charge in [-0.05, 0) is 48.9 Å². The van der Waals surface area contributed by atoms with Crippen LogP contribution in [0.3, 0.4) is 0 Å². The van der Waals surface area contributed by atoms with Gasteiger partial charge < -0.3 is 15.4 Å². The van der Waals surface area contributed by atoms with Crippen LogP contribution in [-0.4, -0.2) is 43.6 Å². The molecule has 0 bridgehead atoms. The number of sulfonamides is 1. The second kappa shape index (κ2) is 9.30. The Balaban J connectivity index is 1.52. The van der Waals surface area contributed by atoms with Gasteiger partial charge in [-0.15, -0.1) is 0 Å². The zero-order chi connectivity index (χ0) is 20.7. The number of nitrogens with zero attached hydrogens (tertiary/aromatic N) is 3. The number of aromatic nitrogens is 3. The number of anilines is 3. The van der Waals surface area contributed by atoms with Gasteiger partial charge in [0.2, 0.25) is 10.0 Å². The molecule has 0 radical (unpaired) electrons. The van der Waals surface area contributed by atoms with Crippen LogP contribution in [0.4, 0.5) is 17.5 Å². The number of pyridine rings is 1. The smallest absolute Gasteiger partial charge is 0.240 e. The van der Waals surface area contributed by atoms with Crippen LogP contribution >= 0.6 is 0 Å². The van der Waals surface area contributed by atoms with Crippen LogP contribution in [-0.2, 0) is 10.0 Å². The first kappa shape index (κ1) is 20.5. The Bertz CT molecular complexity index is 1060. The monoisotopic (exact) mass is 414 g/mol. The van der Waals surface area contributed by atoms with E-state index in [0.29, 0.717) is 29.7 Å². The molecule has 0 unspecified atom stereocenters. The van der Waals surface area contributed by atoms with E-state index in [1.54, 1.807) is 24.4 Å². The van der Waals surface area contributed by atoms with E-state index in [0.717, 1.165) is 5.56 Å². The van der Waals surface area contributed by atoms with E-state index in [4.69, 9.17) is 4.74 Å². The molecule has 3 N–H and O–H groups in total. The van der Waals surface area contributed by atoms with E-state index in [1.165, 1.54) is 25.6 Å². The van der Waals surface area contributed by atoms with Gasteiger partial charge in [0.15, 0.2) is 0 Å². The Hall–Kier alpha value is -3.24. The quantitative estimate of drug-likeness (QED) is 0.457. The number of ether oxygens (including phenoxy) is 1. The predicted octanol–water partition coefficient (Wildman–Crippen LogP) is 2.32. The maximum absolute atomic E-state index is 12.3. The molecule has 2 aromatic heterocycles. The summed E-state index contributed by atoms with van der Waals surface area (Å²) in [6.07, 6.45) is 3.13. The van der Waals surface area contributed by atoms with E-state index in [-0.39, 0.29) is 11.4 Å². The van der Waals surface area contributed by atoms with Gasteiger partial charge in [0, 0.05) is 25.4 Å². The molecule has 0 saturated heterocycles. The summed E-state index contributed by atoms with van der Waals surface area (Å²) in [7, 11) is -2.06. The summed E-state index contributed by atoms with van der Waals surface area (Å²) in [5.41, 5.74) is 1.08. The largest absolute Gasteiger partial charge is 0.497 e. The predicted molar refractivity (Wildman–Crippen MR) is 111 cm³/mol. The van der Waals surface area contributed by atoms with Crippen molar-refractivity contribution in [2.24, 2.45) is 0 Å². The molecule has 3 rings (SSSR count). The number of aryl methyl sites for hydroxylation is 1. The van der Waals surface area contributed by atoms with E-state index in [1.807, 2.05) is 19.1 Å². The van der Waals surface area contributed by atoms with Crippen LogP contribution in [0.25, 0.3) is 0 Å². The van der Waals surface area contributed by atoms with Gasteiger partial charge >= 0.3 is 0 Å². The first-order valence-corrected chi connectivity index (χ1v) is 10.3. The van der Waals surface area contributed by atoms with Gasteiger partial charge in [-0.3, -0.25) is 0 Å². The molecule has 0 fully saturated rings. The van der Waals surface area contributed by atoms with Crippen LogP contribution < -0.4 is 20.1 Å². The normalized spacial score (nSPS) is 11.1. The Morgan fingerprint density at radius 2 is 1.66 bits per heavy atom. The average molecular weight is 414 g/mol. The van der Waals surface area contributed by atoms with Crippen LogP contribution in [0.5, 0.6) is 5.75 Å². The zero-order valence-electron chi connectivity index (χ0n) is 16.1. The molecule has 0 spiro atoms. The third kappa shape index (κ3) is 5.87. The minimum Gasteiger partial charge on any atom is -0.497 e. The second-order valence-corrected chi connectivity index (χ2v) is 7.90. The van der Waals surface area contributed by atoms with Crippen LogP contribution in [0.1, 0.15) is 5.56 Å². The standard InChI is InChI=1S/C19H22N6O3S/c1-14-7-8-20-18(11-14)25-19-12-17(22-13-23-19)21-9-10-24-29(26,27)16-5-3-15(28-2)4-6-16/h3-8,11-13,24H,9-10H2,1-2H3,(H2,20,21,22,23,25). The molecule has 0 amide bonds. The van der Waals surface area contributed by atoms with Crippen molar-refractivity contribution in [3.63, 3.8) is 0 Å². The summed E-state index contributed by atoms with van der Waals surface area (Å²) in [5, 5.41) is 6.17. The third-order valence-corrected chi connectivity index (χ3v) is 5.41. The molecule has 0 aliphatic carbocycles. The van der Waals surface area contributed by atoms with Gasteiger partial charge in [-0.25, -0.2) is 28.1 Å². The maximum atomic E-state index is 12.3. The zero-order valence-corrected chi connectivity index (χ0v) is 16.9. The van der Waals surface area contributed by atoms with Gasteiger partial charge in [0.25, 0.3) is 0 Å². The van der Waals surface area contributed by atoms with Gasteiger partial charge in [0.05, 0.1) is 12.0 Å². The summed E-state index contributed by atoms with van der Waals surface area (Å²) in [4.78, 5) is 12.7. The van der Waals surface area contributed by atoms with Gasteiger partial charge in [-0.1, -0.05) is 0 Å². The summed E-state index contributed by atoms with van der Waals surface area (Å²) in [6.45, 7) is 2.53. The van der Waals surface area contributed by atoms with Crippen LogP contribution in [0.2, 0.25) is 0 Å². The highest BCUT2D eigenvalue weighted by Crippen LogP contribution is 2.16. The number of rotatable bonds is 9. The summed E-state index contributed by atoms with van der Waals surface area (Å²) < 4.78 is 32.2. The van der Waals surface area contributed by atoms with Crippen molar-refractivity contribution in [3.8, 4) is 5.75 Å². The summed E-state index contributed by atoms with van der Waals surface area (Å²) >= 11 is 0. The molecular weight excluding hydrogens is 392 g/mol. The number of hydrogen-bond acceptors (Lipinski definition) is 8. The van der Waals surface area contributed by atoms with Crippen molar-refractivity contribution in [1.82, 2.24) is 19.7 Å². The lowest BCUT2D eigenvalue weighted by Crippen LogP contribution is -2.29. The molecule has 29 heavy (non-hydrogen) atoms. The molecule has 0 aliphatic rings. The summed E-state index contributed by atoms with van der Waals surface area (Å²) in [5.74, 6) is 2.43.